The molecule has 0 aromatic heterocycles. The highest BCUT2D eigenvalue weighted by Crippen LogP contribution is 2.38. The fraction of sp³-hybridized carbons (Fsp3) is 0.310. The molecular weight excluding hydrogens is 522 g/mol. The third-order valence-corrected chi connectivity index (χ3v) is 8.57. The third-order valence-electron chi connectivity index (χ3n) is 6.48. The van der Waals surface area contributed by atoms with Gasteiger partial charge in [-0.15, -0.1) is 0 Å². The van der Waals surface area contributed by atoms with Crippen LogP contribution in [0.4, 0.5) is 5.69 Å². The number of halogens is 1. The van der Waals surface area contributed by atoms with Crippen molar-refractivity contribution in [1.82, 2.24) is 10.2 Å². The number of fused-ring (bicyclic) bond motifs is 2. The van der Waals surface area contributed by atoms with Crippen molar-refractivity contribution >= 4 is 38.9 Å². The van der Waals surface area contributed by atoms with E-state index in [9.17, 15) is 18.0 Å². The van der Waals surface area contributed by atoms with Gasteiger partial charge in [-0.3, -0.25) is 9.59 Å². The molecule has 3 aromatic rings. The summed E-state index contributed by atoms with van der Waals surface area (Å²) in [6, 6.07) is 17.6. The number of carbonyl (C=O) groups is 2. The van der Waals surface area contributed by atoms with Crippen LogP contribution in [0.3, 0.4) is 0 Å². The van der Waals surface area contributed by atoms with Gasteiger partial charge in [0.25, 0.3) is 11.8 Å². The molecule has 1 N–H and O–H groups in total. The zero-order valence-electron chi connectivity index (χ0n) is 21.6. The van der Waals surface area contributed by atoms with Crippen molar-refractivity contribution in [2.75, 3.05) is 31.1 Å². The number of nitrogens with zero attached hydrogens (tertiary/aromatic N) is 2. The number of benzene rings is 3. The van der Waals surface area contributed by atoms with Gasteiger partial charge < -0.3 is 15.1 Å². The Kier molecular flexibility index (Phi) is 8.87. The number of anilines is 1. The van der Waals surface area contributed by atoms with Crippen LogP contribution >= 0.6 is 11.6 Å². The SMILES string of the molecule is CCCN(CCC)CCNC(=O)c1ccc2c(c1)N(Cc1cccc(Cl)c1)C(=O)c1ccccc1S2(=O)=O. The summed E-state index contributed by atoms with van der Waals surface area (Å²) in [6.07, 6.45) is 2.07. The third kappa shape index (κ3) is 5.93. The van der Waals surface area contributed by atoms with Crippen molar-refractivity contribution in [2.45, 2.75) is 43.0 Å². The minimum absolute atomic E-state index is 0.0218. The number of amides is 2. The predicted octanol–water partition coefficient (Wildman–Crippen LogP) is 5.19. The molecule has 0 saturated heterocycles. The number of hydrogen-bond donors (Lipinski definition) is 1. The van der Waals surface area contributed by atoms with Gasteiger partial charge in [-0.1, -0.05) is 49.7 Å². The summed E-state index contributed by atoms with van der Waals surface area (Å²) in [7, 11) is -4.01. The standard InChI is InChI=1S/C29H32ClN3O4S/c1-3-15-32(16-4-2)17-14-31-28(34)22-12-13-27-25(19-22)33(20-21-8-7-9-23(30)18-21)29(35)24-10-5-6-11-26(24)38(27,36)37/h5-13,18-19H,3-4,14-17,20H2,1-2H3,(H,31,34). The fourth-order valence-electron chi connectivity index (χ4n) is 4.72. The highest BCUT2D eigenvalue weighted by molar-refractivity contribution is 7.91. The molecule has 0 bridgehead atoms. The van der Waals surface area contributed by atoms with Crippen LogP contribution in [0.15, 0.2) is 76.5 Å². The Hall–Kier alpha value is -3.20. The normalized spacial score (nSPS) is 14.1. The van der Waals surface area contributed by atoms with Gasteiger partial charge in [-0.25, -0.2) is 8.42 Å². The van der Waals surface area contributed by atoms with Crippen LogP contribution in [-0.4, -0.2) is 51.3 Å². The maximum absolute atomic E-state index is 13.8. The van der Waals surface area contributed by atoms with E-state index in [0.29, 0.717) is 11.6 Å². The Labute approximate surface area is 229 Å². The van der Waals surface area contributed by atoms with E-state index in [2.05, 4.69) is 24.1 Å². The predicted molar refractivity (Wildman–Crippen MR) is 150 cm³/mol. The Morgan fingerprint density at radius 2 is 1.66 bits per heavy atom. The first kappa shape index (κ1) is 27.8. The molecule has 0 fully saturated rings. The highest BCUT2D eigenvalue weighted by atomic mass is 35.5. The van der Waals surface area contributed by atoms with Crippen LogP contribution in [0.25, 0.3) is 0 Å². The van der Waals surface area contributed by atoms with Crippen LogP contribution in [0.1, 0.15) is 53.0 Å². The van der Waals surface area contributed by atoms with Crippen molar-refractivity contribution in [3.8, 4) is 0 Å². The zero-order chi connectivity index (χ0) is 27.3. The van der Waals surface area contributed by atoms with Gasteiger partial charge in [0.05, 0.1) is 27.6 Å². The molecule has 1 aliphatic heterocycles. The zero-order valence-corrected chi connectivity index (χ0v) is 23.2. The van der Waals surface area contributed by atoms with E-state index in [1.165, 1.54) is 35.2 Å². The van der Waals surface area contributed by atoms with Crippen LogP contribution in [0.5, 0.6) is 0 Å². The topological polar surface area (TPSA) is 86.8 Å². The van der Waals surface area contributed by atoms with E-state index in [1.807, 2.05) is 6.07 Å². The number of rotatable bonds is 10. The van der Waals surface area contributed by atoms with Gasteiger partial charge in [-0.05, 0) is 74.0 Å². The largest absolute Gasteiger partial charge is 0.351 e. The lowest BCUT2D eigenvalue weighted by atomic mass is 10.1. The van der Waals surface area contributed by atoms with Crippen molar-refractivity contribution in [3.63, 3.8) is 0 Å². The molecule has 1 aliphatic rings. The van der Waals surface area contributed by atoms with Crippen molar-refractivity contribution in [1.29, 1.82) is 0 Å². The van der Waals surface area contributed by atoms with Crippen LogP contribution in [0, 0.1) is 0 Å². The summed E-state index contributed by atoms with van der Waals surface area (Å²) in [5.41, 5.74) is 1.27. The van der Waals surface area contributed by atoms with E-state index >= 15 is 0 Å². The van der Waals surface area contributed by atoms with Crippen molar-refractivity contribution < 1.29 is 18.0 Å². The smallest absolute Gasteiger partial charge is 0.259 e. The van der Waals surface area contributed by atoms with Gasteiger partial charge in [0.1, 0.15) is 0 Å². The maximum Gasteiger partial charge on any atom is 0.259 e. The molecule has 0 unspecified atom stereocenters. The molecule has 7 nitrogen and oxygen atoms in total. The van der Waals surface area contributed by atoms with Crippen LogP contribution in [0.2, 0.25) is 5.02 Å². The number of hydrogen-bond acceptors (Lipinski definition) is 5. The van der Waals surface area contributed by atoms with Gasteiger partial charge >= 0.3 is 0 Å². The van der Waals surface area contributed by atoms with E-state index in [1.54, 1.807) is 30.3 Å². The Morgan fingerprint density at radius 1 is 0.921 bits per heavy atom. The molecule has 0 saturated carbocycles. The molecule has 200 valence electrons. The minimum atomic E-state index is -4.01. The minimum Gasteiger partial charge on any atom is -0.351 e. The molecule has 2 amide bonds. The van der Waals surface area contributed by atoms with E-state index < -0.39 is 15.7 Å². The molecule has 38 heavy (non-hydrogen) atoms. The molecule has 0 atom stereocenters. The van der Waals surface area contributed by atoms with E-state index in [-0.39, 0.29) is 39.1 Å². The first-order valence-electron chi connectivity index (χ1n) is 12.8. The monoisotopic (exact) mass is 553 g/mol. The van der Waals surface area contributed by atoms with Crippen molar-refractivity contribution in [2.24, 2.45) is 0 Å². The van der Waals surface area contributed by atoms with Gasteiger partial charge in [0, 0.05) is 23.7 Å². The summed E-state index contributed by atoms with van der Waals surface area (Å²) in [5, 5.41) is 3.44. The Bertz CT molecular complexity index is 1440. The maximum atomic E-state index is 13.8. The van der Waals surface area contributed by atoms with E-state index in [0.717, 1.165) is 38.0 Å². The molecule has 4 rings (SSSR count). The lowest BCUT2D eigenvalue weighted by molar-refractivity contribution is 0.0945. The molecule has 3 aromatic carbocycles. The second-order valence-corrected chi connectivity index (χ2v) is 11.6. The number of sulfone groups is 1. The Morgan fingerprint density at radius 3 is 2.37 bits per heavy atom. The van der Waals surface area contributed by atoms with Crippen molar-refractivity contribution in [3.05, 3.63) is 88.4 Å². The van der Waals surface area contributed by atoms with E-state index in [4.69, 9.17) is 11.6 Å². The second-order valence-electron chi connectivity index (χ2n) is 9.30. The summed E-state index contributed by atoms with van der Waals surface area (Å²) in [5.74, 6) is -0.787. The summed E-state index contributed by atoms with van der Waals surface area (Å²) in [6.45, 7) is 7.44. The molecule has 0 spiro atoms. The lowest BCUT2D eigenvalue weighted by Crippen LogP contribution is -2.36. The lowest BCUT2D eigenvalue weighted by Gasteiger charge is -2.24. The van der Waals surface area contributed by atoms with Gasteiger partial charge in [-0.2, -0.15) is 0 Å². The van der Waals surface area contributed by atoms with Gasteiger partial charge in [0.15, 0.2) is 0 Å². The van der Waals surface area contributed by atoms with Gasteiger partial charge in [0.2, 0.25) is 9.84 Å². The van der Waals surface area contributed by atoms with Crippen LogP contribution in [-0.2, 0) is 16.4 Å². The fourth-order valence-corrected chi connectivity index (χ4v) is 6.56. The summed E-state index contributed by atoms with van der Waals surface area (Å²) in [4.78, 5) is 30.5. The highest BCUT2D eigenvalue weighted by Gasteiger charge is 2.36. The Balaban J connectivity index is 1.71. The molecule has 1 heterocycles. The average Bonchev–Trinajstić information content (AvgIpc) is 2.97. The average molecular weight is 554 g/mol. The molecular formula is C29H32ClN3O4S. The molecule has 9 heteroatoms. The number of nitrogens with one attached hydrogen (secondary N) is 1. The van der Waals surface area contributed by atoms with Crippen LogP contribution < -0.4 is 10.2 Å². The summed E-state index contributed by atoms with van der Waals surface area (Å²) < 4.78 is 27.3. The first-order chi connectivity index (χ1) is 18.3. The summed E-state index contributed by atoms with van der Waals surface area (Å²) >= 11 is 6.18. The molecule has 0 aliphatic carbocycles. The molecule has 0 radical (unpaired) electrons. The number of carbonyl (C=O) groups excluding carboxylic acids is 2. The first-order valence-corrected chi connectivity index (χ1v) is 14.7. The quantitative estimate of drug-likeness (QED) is 0.373. The second kappa shape index (κ2) is 12.1.